The lowest BCUT2D eigenvalue weighted by Crippen LogP contribution is -2.39. The first-order valence-corrected chi connectivity index (χ1v) is 5.66. The molecule has 0 bridgehead atoms. The van der Waals surface area contributed by atoms with Crippen molar-refractivity contribution >= 4 is 0 Å². The molecule has 1 fully saturated rings. The van der Waals surface area contributed by atoms with Gasteiger partial charge in [-0.1, -0.05) is 25.0 Å². The summed E-state index contributed by atoms with van der Waals surface area (Å²) < 4.78 is 0. The van der Waals surface area contributed by atoms with Gasteiger partial charge in [0.1, 0.15) is 0 Å². The second kappa shape index (κ2) is 5.89. The quantitative estimate of drug-likeness (QED) is 0.326. The van der Waals surface area contributed by atoms with Crippen LogP contribution >= 0.6 is 0 Å². The Morgan fingerprint density at radius 3 is 3.06 bits per heavy atom. The van der Waals surface area contributed by atoms with Gasteiger partial charge in [-0.15, -0.1) is 6.58 Å². The molecule has 90 valence electrons. The van der Waals surface area contributed by atoms with Gasteiger partial charge in [0.2, 0.25) is 0 Å². The predicted molar refractivity (Wildman–Crippen MR) is 63.6 cm³/mol. The highest BCUT2D eigenvalue weighted by atomic mass is 16.7. The molecule has 1 aliphatic heterocycles. The number of rotatable bonds is 6. The Morgan fingerprint density at radius 2 is 2.50 bits per heavy atom. The minimum Gasteiger partial charge on any atom is -0.298 e. The van der Waals surface area contributed by atoms with E-state index in [1.54, 1.807) is 0 Å². The molecule has 1 rings (SSSR count). The second-order valence-electron chi connectivity index (χ2n) is 4.83. The summed E-state index contributed by atoms with van der Waals surface area (Å²) in [6, 6.07) is 0. The maximum atomic E-state index is 8.27. The molecule has 16 heavy (non-hydrogen) atoms. The third-order valence-electron chi connectivity index (χ3n) is 2.74. The maximum absolute atomic E-state index is 8.27. The van der Waals surface area contributed by atoms with Gasteiger partial charge in [0.25, 0.3) is 0 Å². The summed E-state index contributed by atoms with van der Waals surface area (Å²) in [4.78, 5) is 8.21. The number of hydrogen-bond acceptors (Lipinski definition) is 3. The van der Waals surface area contributed by atoms with Crippen LogP contribution in [0.3, 0.4) is 0 Å². The Kier molecular flexibility index (Phi) is 4.80. The molecular weight excluding hydrogens is 204 g/mol. The summed E-state index contributed by atoms with van der Waals surface area (Å²) in [5.74, 6) is 0.592. The lowest BCUT2D eigenvalue weighted by atomic mass is 9.83. The highest BCUT2D eigenvalue weighted by Gasteiger charge is 2.39. The molecule has 0 aliphatic carbocycles. The van der Waals surface area contributed by atoms with E-state index in [2.05, 4.69) is 35.9 Å². The van der Waals surface area contributed by atoms with E-state index >= 15 is 0 Å². The van der Waals surface area contributed by atoms with E-state index in [4.69, 9.17) is 10.4 Å². The average molecular weight is 224 g/mol. The molecule has 0 unspecified atom stereocenters. The molecule has 0 amide bonds. The summed E-state index contributed by atoms with van der Waals surface area (Å²) in [6.07, 6.45) is 4.67. The number of hydroxylamine groups is 1. The summed E-state index contributed by atoms with van der Waals surface area (Å²) in [7, 11) is 0. The zero-order valence-electron chi connectivity index (χ0n) is 10.0. The van der Waals surface area contributed by atoms with E-state index in [1.807, 2.05) is 6.08 Å². The summed E-state index contributed by atoms with van der Waals surface area (Å²) >= 11 is 0. The van der Waals surface area contributed by atoms with E-state index in [-0.39, 0.29) is 11.6 Å². The van der Waals surface area contributed by atoms with Crippen LogP contribution in [0.1, 0.15) is 33.1 Å². The van der Waals surface area contributed by atoms with Crippen LogP contribution in [0.25, 0.3) is 10.4 Å². The van der Waals surface area contributed by atoms with Gasteiger partial charge in [0.05, 0.1) is 12.6 Å². The van der Waals surface area contributed by atoms with Crippen LogP contribution in [0, 0.1) is 5.92 Å². The topological polar surface area (TPSA) is 70.0 Å². The van der Waals surface area contributed by atoms with E-state index in [9.17, 15) is 0 Å². The van der Waals surface area contributed by atoms with E-state index in [0.717, 1.165) is 19.3 Å². The first kappa shape index (κ1) is 13.0. The van der Waals surface area contributed by atoms with Crippen molar-refractivity contribution in [2.75, 3.05) is 6.54 Å². The molecule has 0 aromatic heterocycles. The molecule has 0 spiro atoms. The van der Waals surface area contributed by atoms with Gasteiger partial charge in [-0.3, -0.25) is 4.84 Å². The monoisotopic (exact) mass is 224 g/mol. The molecule has 1 aliphatic rings. The van der Waals surface area contributed by atoms with Gasteiger partial charge in [0, 0.05) is 10.5 Å². The molecule has 5 heteroatoms. The Labute approximate surface area is 96.4 Å². The molecule has 0 aromatic rings. The Bertz CT molecular complexity index is 286. The van der Waals surface area contributed by atoms with Gasteiger partial charge >= 0.3 is 0 Å². The van der Waals surface area contributed by atoms with Crippen LogP contribution in [-0.4, -0.2) is 18.2 Å². The zero-order valence-corrected chi connectivity index (χ0v) is 10.0. The minimum absolute atomic E-state index is 0.0189. The first-order chi connectivity index (χ1) is 7.62. The summed E-state index contributed by atoms with van der Waals surface area (Å²) in [5.41, 5.74) is 11.3. The number of azide groups is 1. The third-order valence-corrected chi connectivity index (χ3v) is 2.74. The molecule has 1 heterocycles. The number of hydrogen-bond donors (Lipinski definition) is 1. The fourth-order valence-corrected chi connectivity index (χ4v) is 2.35. The van der Waals surface area contributed by atoms with Crippen molar-refractivity contribution in [2.45, 2.75) is 44.8 Å². The Morgan fingerprint density at radius 1 is 1.75 bits per heavy atom. The van der Waals surface area contributed by atoms with E-state index in [1.165, 1.54) is 0 Å². The molecular formula is C11H20N4O. The van der Waals surface area contributed by atoms with Crippen molar-refractivity contribution in [3.63, 3.8) is 0 Å². The predicted octanol–water partition coefficient (Wildman–Crippen LogP) is 2.95. The van der Waals surface area contributed by atoms with Crippen LogP contribution in [0.5, 0.6) is 0 Å². The molecule has 0 aromatic carbocycles. The van der Waals surface area contributed by atoms with Crippen molar-refractivity contribution in [1.82, 2.24) is 5.48 Å². The van der Waals surface area contributed by atoms with Crippen molar-refractivity contribution in [3.8, 4) is 0 Å². The first-order valence-electron chi connectivity index (χ1n) is 5.66. The van der Waals surface area contributed by atoms with Crippen LogP contribution in [0.4, 0.5) is 0 Å². The van der Waals surface area contributed by atoms with Crippen molar-refractivity contribution < 1.29 is 4.84 Å². The van der Waals surface area contributed by atoms with Crippen molar-refractivity contribution in [1.29, 1.82) is 0 Å². The lowest BCUT2D eigenvalue weighted by Gasteiger charge is -2.28. The van der Waals surface area contributed by atoms with Gasteiger partial charge in [-0.2, -0.15) is 5.48 Å². The summed E-state index contributed by atoms with van der Waals surface area (Å²) in [6.45, 7) is 8.55. The fourth-order valence-electron chi connectivity index (χ4n) is 2.35. The molecule has 0 radical (unpaired) electrons. The van der Waals surface area contributed by atoms with Crippen LogP contribution < -0.4 is 5.48 Å². The SMILES string of the molecule is C=CC[C@@]1(CC(C)C)C[C@H](CN=[N+]=[N-])ON1. The average Bonchev–Trinajstić information content (AvgIpc) is 2.58. The fraction of sp³-hybridized carbons (Fsp3) is 0.818. The van der Waals surface area contributed by atoms with Crippen molar-refractivity contribution in [2.24, 2.45) is 11.0 Å². The molecule has 2 atom stereocenters. The molecule has 1 saturated heterocycles. The van der Waals surface area contributed by atoms with Gasteiger partial charge in [0.15, 0.2) is 0 Å². The largest absolute Gasteiger partial charge is 0.298 e. The highest BCUT2D eigenvalue weighted by Crippen LogP contribution is 2.32. The van der Waals surface area contributed by atoms with Crippen LogP contribution in [0.15, 0.2) is 17.8 Å². The van der Waals surface area contributed by atoms with E-state index < -0.39 is 0 Å². The van der Waals surface area contributed by atoms with Gasteiger partial charge < -0.3 is 0 Å². The standard InChI is InChI=1S/C11H20N4O/c1-4-5-11(6-9(2)3)7-10(16-14-11)8-13-15-12/h4,9-10,14H,1,5-8H2,2-3H3/t10-,11-/m1/s1. The minimum atomic E-state index is -0.0362. The molecule has 1 N–H and O–H groups in total. The van der Waals surface area contributed by atoms with Crippen molar-refractivity contribution in [3.05, 3.63) is 23.1 Å². The maximum Gasteiger partial charge on any atom is 0.0865 e. The number of nitrogens with zero attached hydrogens (tertiary/aromatic N) is 3. The second-order valence-corrected chi connectivity index (χ2v) is 4.83. The normalized spacial score (nSPS) is 29.1. The summed E-state index contributed by atoms with van der Waals surface area (Å²) in [5, 5.41) is 3.55. The van der Waals surface area contributed by atoms with Gasteiger partial charge in [-0.05, 0) is 30.7 Å². The van der Waals surface area contributed by atoms with Crippen LogP contribution in [-0.2, 0) is 4.84 Å². The van der Waals surface area contributed by atoms with E-state index in [0.29, 0.717) is 12.5 Å². The molecule has 5 nitrogen and oxygen atoms in total. The Hall–Kier alpha value is -1.03. The smallest absolute Gasteiger partial charge is 0.0865 e. The molecule has 0 saturated carbocycles. The lowest BCUT2D eigenvalue weighted by molar-refractivity contribution is 0.0122. The van der Waals surface area contributed by atoms with Gasteiger partial charge in [-0.25, -0.2) is 0 Å². The Balaban J connectivity index is 2.59. The third kappa shape index (κ3) is 3.52. The zero-order chi connectivity index (χ0) is 12.0. The highest BCUT2D eigenvalue weighted by molar-refractivity contribution is 4.97. The van der Waals surface area contributed by atoms with Crippen LogP contribution in [0.2, 0.25) is 0 Å². The number of nitrogens with one attached hydrogen (secondary N) is 1.